The van der Waals surface area contributed by atoms with E-state index in [0.29, 0.717) is 22.8 Å². The van der Waals surface area contributed by atoms with Crippen LogP contribution in [0.2, 0.25) is 5.02 Å². The maximum Gasteiger partial charge on any atom is 0.248 e. The van der Waals surface area contributed by atoms with E-state index in [1.807, 2.05) is 36.4 Å². The summed E-state index contributed by atoms with van der Waals surface area (Å²) in [5.74, 6) is -0.408. The number of hydrogen-bond acceptors (Lipinski definition) is 4. The van der Waals surface area contributed by atoms with Gasteiger partial charge in [-0.05, 0) is 66.4 Å². The van der Waals surface area contributed by atoms with Gasteiger partial charge in [0.1, 0.15) is 6.04 Å². The molecule has 1 aromatic heterocycles. The van der Waals surface area contributed by atoms with E-state index in [9.17, 15) is 13.2 Å². The lowest BCUT2D eigenvalue weighted by molar-refractivity contribution is -0.117. The van der Waals surface area contributed by atoms with Crippen molar-refractivity contribution in [2.45, 2.75) is 25.8 Å². The number of carbonyl (C=O) groups is 1. The molecule has 0 saturated heterocycles. The summed E-state index contributed by atoms with van der Waals surface area (Å²) in [5.41, 5.74) is 3.18. The van der Waals surface area contributed by atoms with Crippen LogP contribution >= 0.6 is 11.6 Å². The first-order valence-electron chi connectivity index (χ1n) is 9.81. The van der Waals surface area contributed by atoms with Crippen molar-refractivity contribution in [2.24, 2.45) is 0 Å². The summed E-state index contributed by atoms with van der Waals surface area (Å²) in [4.78, 5) is 17.0. The average molecular weight is 458 g/mol. The van der Waals surface area contributed by atoms with Crippen LogP contribution in [0.15, 0.2) is 73.1 Å². The monoisotopic (exact) mass is 457 g/mol. The molecule has 6 nitrogen and oxygen atoms in total. The molecule has 162 valence electrons. The summed E-state index contributed by atoms with van der Waals surface area (Å²) >= 11 is 6.04. The Kier molecular flexibility index (Phi) is 7.30. The molecule has 0 saturated carbocycles. The number of anilines is 2. The number of nitrogens with one attached hydrogen (secondary N) is 1. The number of hydrogen-bond donors (Lipinski definition) is 1. The third-order valence-electron chi connectivity index (χ3n) is 4.77. The van der Waals surface area contributed by atoms with E-state index >= 15 is 0 Å². The highest BCUT2D eigenvalue weighted by Crippen LogP contribution is 2.26. The molecule has 1 atom stereocenters. The molecule has 0 aliphatic carbocycles. The zero-order valence-corrected chi connectivity index (χ0v) is 18.9. The van der Waals surface area contributed by atoms with Crippen LogP contribution in [0.3, 0.4) is 0 Å². The van der Waals surface area contributed by atoms with Crippen molar-refractivity contribution in [2.75, 3.05) is 15.9 Å². The molecule has 0 radical (unpaired) electrons. The molecule has 0 aliphatic heterocycles. The first kappa shape index (κ1) is 22.8. The van der Waals surface area contributed by atoms with Gasteiger partial charge in [0.25, 0.3) is 0 Å². The molecule has 3 rings (SSSR count). The van der Waals surface area contributed by atoms with Gasteiger partial charge < -0.3 is 5.32 Å². The second-order valence-electron chi connectivity index (χ2n) is 7.18. The largest absolute Gasteiger partial charge is 0.324 e. The number of benzene rings is 2. The number of carbonyl (C=O) groups excluding carboxylic acids is 1. The van der Waals surface area contributed by atoms with Gasteiger partial charge in [-0.2, -0.15) is 0 Å². The van der Waals surface area contributed by atoms with E-state index in [4.69, 9.17) is 11.6 Å². The molecule has 1 amide bonds. The fraction of sp³-hybridized carbons (Fsp3) is 0.217. The minimum absolute atomic E-state index is 0.297. The molecular formula is C23H24ClN3O3S. The summed E-state index contributed by atoms with van der Waals surface area (Å²) in [6.45, 7) is 1.77. The summed E-state index contributed by atoms with van der Waals surface area (Å²) < 4.78 is 26.2. The zero-order chi connectivity index (χ0) is 22.4. The van der Waals surface area contributed by atoms with Crippen LogP contribution in [-0.4, -0.2) is 31.6 Å². The number of aromatic nitrogens is 1. The molecule has 1 heterocycles. The van der Waals surface area contributed by atoms with E-state index in [2.05, 4.69) is 10.3 Å². The Morgan fingerprint density at radius 3 is 2.29 bits per heavy atom. The van der Waals surface area contributed by atoms with Crippen LogP contribution in [0.1, 0.15) is 24.5 Å². The number of sulfonamides is 1. The molecule has 2 aromatic carbocycles. The number of nitrogens with zero attached hydrogens (tertiary/aromatic N) is 2. The number of halogens is 1. The summed E-state index contributed by atoms with van der Waals surface area (Å²) in [7, 11) is -3.72. The molecule has 0 bridgehead atoms. The van der Waals surface area contributed by atoms with Crippen LogP contribution < -0.4 is 9.62 Å². The predicted octanol–water partition coefficient (Wildman–Crippen LogP) is 4.51. The Morgan fingerprint density at radius 2 is 1.71 bits per heavy atom. The van der Waals surface area contributed by atoms with Gasteiger partial charge in [-0.25, -0.2) is 8.42 Å². The highest BCUT2D eigenvalue weighted by molar-refractivity contribution is 7.92. The molecule has 0 unspecified atom stereocenters. The Bertz CT molecular complexity index is 1140. The topological polar surface area (TPSA) is 79.4 Å². The number of rotatable bonds is 8. The van der Waals surface area contributed by atoms with Gasteiger partial charge in [0, 0.05) is 23.1 Å². The maximum absolute atomic E-state index is 13.0. The van der Waals surface area contributed by atoms with E-state index in [1.54, 1.807) is 37.5 Å². The van der Waals surface area contributed by atoms with Gasteiger partial charge in [0.05, 0.1) is 11.9 Å². The normalized spacial score (nSPS) is 12.2. The van der Waals surface area contributed by atoms with Gasteiger partial charge in [0.15, 0.2) is 0 Å². The predicted molar refractivity (Wildman–Crippen MR) is 125 cm³/mol. The molecule has 0 spiro atoms. The van der Waals surface area contributed by atoms with Gasteiger partial charge in [-0.3, -0.25) is 14.1 Å². The van der Waals surface area contributed by atoms with E-state index in [0.717, 1.165) is 28.1 Å². The standard InChI is InChI=1S/C23H24ClN3O3S/c1-3-22(27(31(2,29)30)21-6-4-5-19(24)16-21)23(28)26-20-9-7-17(8-10-20)15-18-11-13-25-14-12-18/h4-14,16,22H,3,15H2,1-2H3,(H,26,28)/t22-/m0/s1. The first-order valence-corrected chi connectivity index (χ1v) is 12.0. The Morgan fingerprint density at radius 1 is 1.06 bits per heavy atom. The average Bonchev–Trinajstić information content (AvgIpc) is 2.73. The summed E-state index contributed by atoms with van der Waals surface area (Å²) in [6, 6.07) is 16.9. The van der Waals surface area contributed by atoms with Gasteiger partial charge in [-0.1, -0.05) is 36.7 Å². The van der Waals surface area contributed by atoms with Crippen LogP contribution in [-0.2, 0) is 21.2 Å². The lowest BCUT2D eigenvalue weighted by atomic mass is 10.1. The van der Waals surface area contributed by atoms with Crippen LogP contribution in [0, 0.1) is 0 Å². The van der Waals surface area contributed by atoms with E-state index in [1.165, 1.54) is 6.07 Å². The maximum atomic E-state index is 13.0. The van der Waals surface area contributed by atoms with Crippen molar-refractivity contribution in [3.8, 4) is 0 Å². The first-order chi connectivity index (χ1) is 14.8. The van der Waals surface area contributed by atoms with Gasteiger partial charge in [-0.15, -0.1) is 0 Å². The van der Waals surface area contributed by atoms with Crippen LogP contribution in [0.4, 0.5) is 11.4 Å². The number of amides is 1. The third-order valence-corrected chi connectivity index (χ3v) is 6.19. The Labute approximate surface area is 187 Å². The molecule has 8 heteroatoms. The van der Waals surface area contributed by atoms with Crippen molar-refractivity contribution in [1.82, 2.24) is 4.98 Å². The lowest BCUT2D eigenvalue weighted by Crippen LogP contribution is -2.47. The number of pyridine rings is 1. The van der Waals surface area contributed by atoms with Crippen molar-refractivity contribution in [3.63, 3.8) is 0 Å². The second kappa shape index (κ2) is 9.94. The fourth-order valence-corrected chi connectivity index (χ4v) is 4.73. The van der Waals surface area contributed by atoms with E-state index < -0.39 is 22.0 Å². The highest BCUT2D eigenvalue weighted by Gasteiger charge is 2.31. The fourth-order valence-electron chi connectivity index (χ4n) is 3.34. The third kappa shape index (κ3) is 6.06. The molecule has 1 N–H and O–H groups in total. The Hall–Kier alpha value is -2.90. The zero-order valence-electron chi connectivity index (χ0n) is 17.3. The summed E-state index contributed by atoms with van der Waals surface area (Å²) in [5, 5.41) is 3.23. The van der Waals surface area contributed by atoms with Gasteiger partial charge in [0.2, 0.25) is 15.9 Å². The molecular weight excluding hydrogens is 434 g/mol. The molecule has 3 aromatic rings. The quantitative estimate of drug-likeness (QED) is 0.539. The molecule has 0 aliphatic rings. The van der Waals surface area contributed by atoms with Crippen LogP contribution in [0.5, 0.6) is 0 Å². The minimum atomic E-state index is -3.72. The van der Waals surface area contributed by atoms with Crippen molar-refractivity contribution < 1.29 is 13.2 Å². The second-order valence-corrected chi connectivity index (χ2v) is 9.48. The van der Waals surface area contributed by atoms with Crippen LogP contribution in [0.25, 0.3) is 0 Å². The smallest absolute Gasteiger partial charge is 0.248 e. The van der Waals surface area contributed by atoms with E-state index in [-0.39, 0.29) is 0 Å². The summed E-state index contributed by atoms with van der Waals surface area (Å²) in [6.07, 6.45) is 5.64. The van der Waals surface area contributed by atoms with Crippen molar-refractivity contribution in [1.29, 1.82) is 0 Å². The van der Waals surface area contributed by atoms with Crippen molar-refractivity contribution >= 4 is 38.9 Å². The van der Waals surface area contributed by atoms with Crippen molar-refractivity contribution in [3.05, 3.63) is 89.2 Å². The lowest BCUT2D eigenvalue weighted by Gasteiger charge is -2.30. The SMILES string of the molecule is CC[C@@H](C(=O)Nc1ccc(Cc2ccncc2)cc1)N(c1cccc(Cl)c1)S(C)(=O)=O. The van der Waals surface area contributed by atoms with Gasteiger partial charge >= 0.3 is 0 Å². The Balaban J connectivity index is 1.78. The molecule has 31 heavy (non-hydrogen) atoms. The molecule has 0 fully saturated rings. The minimum Gasteiger partial charge on any atom is -0.324 e. The highest BCUT2D eigenvalue weighted by atomic mass is 35.5.